The SMILES string of the molecule is Cc1nn2ccc(CCl)nc2c1-c1cccs1. The molecule has 3 aromatic heterocycles. The maximum Gasteiger partial charge on any atom is 0.164 e. The Morgan fingerprint density at radius 3 is 3.00 bits per heavy atom. The Kier molecular flexibility index (Phi) is 2.61. The Morgan fingerprint density at radius 2 is 2.29 bits per heavy atom. The molecule has 3 aromatic rings. The largest absolute Gasteiger partial charge is 0.232 e. The summed E-state index contributed by atoms with van der Waals surface area (Å²) in [4.78, 5) is 5.74. The molecule has 5 heteroatoms. The van der Waals surface area contributed by atoms with Gasteiger partial charge in [-0.05, 0) is 24.4 Å². The molecule has 0 radical (unpaired) electrons. The highest BCUT2D eigenvalue weighted by Crippen LogP contribution is 2.30. The van der Waals surface area contributed by atoms with E-state index in [4.69, 9.17) is 11.6 Å². The number of hydrogen-bond donors (Lipinski definition) is 0. The van der Waals surface area contributed by atoms with Gasteiger partial charge < -0.3 is 0 Å². The normalized spacial score (nSPS) is 11.2. The van der Waals surface area contributed by atoms with Gasteiger partial charge in [-0.2, -0.15) is 5.10 Å². The third kappa shape index (κ3) is 1.73. The molecule has 0 atom stereocenters. The van der Waals surface area contributed by atoms with Crippen LogP contribution in [0.25, 0.3) is 16.1 Å². The minimum atomic E-state index is 0.421. The molecule has 0 amide bonds. The van der Waals surface area contributed by atoms with Crippen molar-refractivity contribution in [2.24, 2.45) is 0 Å². The number of nitrogens with zero attached hydrogens (tertiary/aromatic N) is 3. The summed E-state index contributed by atoms with van der Waals surface area (Å²) in [6.07, 6.45) is 1.91. The molecule has 0 unspecified atom stereocenters. The molecule has 3 nitrogen and oxygen atoms in total. The van der Waals surface area contributed by atoms with Crippen molar-refractivity contribution < 1.29 is 0 Å². The van der Waals surface area contributed by atoms with Gasteiger partial charge in [0, 0.05) is 11.1 Å². The monoisotopic (exact) mass is 263 g/mol. The van der Waals surface area contributed by atoms with Crippen LogP contribution >= 0.6 is 22.9 Å². The maximum absolute atomic E-state index is 5.82. The van der Waals surface area contributed by atoms with Crippen molar-refractivity contribution in [2.75, 3.05) is 0 Å². The second-order valence-corrected chi connectivity index (χ2v) is 4.97. The molecule has 0 spiro atoms. The van der Waals surface area contributed by atoms with Crippen LogP contribution in [0, 0.1) is 6.92 Å². The number of aryl methyl sites for hydroxylation is 1. The minimum Gasteiger partial charge on any atom is -0.232 e. The topological polar surface area (TPSA) is 30.2 Å². The van der Waals surface area contributed by atoms with Gasteiger partial charge in [-0.15, -0.1) is 22.9 Å². The lowest BCUT2D eigenvalue weighted by molar-refractivity contribution is 0.907. The zero-order valence-corrected chi connectivity index (χ0v) is 10.8. The van der Waals surface area contributed by atoms with E-state index in [9.17, 15) is 0 Å². The molecule has 3 heterocycles. The first-order valence-corrected chi connectivity index (χ1v) is 6.65. The molecule has 3 rings (SSSR count). The summed E-state index contributed by atoms with van der Waals surface area (Å²) in [5, 5.41) is 6.52. The van der Waals surface area contributed by atoms with E-state index in [1.807, 2.05) is 25.3 Å². The van der Waals surface area contributed by atoms with Gasteiger partial charge >= 0.3 is 0 Å². The van der Waals surface area contributed by atoms with E-state index in [-0.39, 0.29) is 0 Å². The van der Waals surface area contributed by atoms with Gasteiger partial charge in [0.2, 0.25) is 0 Å². The molecule has 0 N–H and O–H groups in total. The fourth-order valence-corrected chi connectivity index (χ4v) is 2.83. The summed E-state index contributed by atoms with van der Waals surface area (Å²) in [7, 11) is 0. The Hall–Kier alpha value is -1.39. The minimum absolute atomic E-state index is 0.421. The fraction of sp³-hybridized carbons (Fsp3) is 0.167. The fourth-order valence-electron chi connectivity index (χ4n) is 1.86. The molecule has 0 aromatic carbocycles. The number of halogens is 1. The first kappa shape index (κ1) is 10.7. The van der Waals surface area contributed by atoms with Gasteiger partial charge in [-0.1, -0.05) is 6.07 Å². The summed E-state index contributed by atoms with van der Waals surface area (Å²) < 4.78 is 1.81. The number of rotatable bonds is 2. The number of thiophene rings is 1. The van der Waals surface area contributed by atoms with E-state index in [0.29, 0.717) is 5.88 Å². The van der Waals surface area contributed by atoms with Gasteiger partial charge in [0.05, 0.1) is 22.8 Å². The molecule has 0 fully saturated rings. The van der Waals surface area contributed by atoms with Crippen LogP contribution < -0.4 is 0 Å². The molecule has 17 heavy (non-hydrogen) atoms. The van der Waals surface area contributed by atoms with Crippen molar-refractivity contribution in [1.29, 1.82) is 0 Å². The van der Waals surface area contributed by atoms with Crippen molar-refractivity contribution in [3.05, 3.63) is 41.2 Å². The predicted molar refractivity (Wildman–Crippen MR) is 70.6 cm³/mol. The summed E-state index contributed by atoms with van der Waals surface area (Å²) in [5.74, 6) is 0.421. The Morgan fingerprint density at radius 1 is 1.41 bits per heavy atom. The average Bonchev–Trinajstić information content (AvgIpc) is 2.93. The standard InChI is InChI=1S/C12H10ClN3S/c1-8-11(10-3-2-6-17-10)12-14-9(7-13)4-5-16(12)15-8/h2-6H,7H2,1H3. The molecule has 0 aliphatic carbocycles. The molecule has 86 valence electrons. The Bertz CT molecular complexity index is 658. The molecule has 0 aliphatic rings. The second-order valence-electron chi connectivity index (χ2n) is 3.76. The van der Waals surface area contributed by atoms with Crippen molar-refractivity contribution >= 4 is 28.6 Å². The molecule has 0 aliphatic heterocycles. The third-order valence-corrected chi connectivity index (χ3v) is 3.78. The van der Waals surface area contributed by atoms with Crippen molar-refractivity contribution in [2.45, 2.75) is 12.8 Å². The van der Waals surface area contributed by atoms with Crippen molar-refractivity contribution in [1.82, 2.24) is 14.6 Å². The second kappa shape index (κ2) is 4.13. The quantitative estimate of drug-likeness (QED) is 0.663. The molecular formula is C12H10ClN3S. The number of alkyl halides is 1. The lowest BCUT2D eigenvalue weighted by Crippen LogP contribution is -1.93. The first-order valence-electron chi connectivity index (χ1n) is 5.24. The van der Waals surface area contributed by atoms with Crippen LogP contribution in [0.5, 0.6) is 0 Å². The summed E-state index contributed by atoms with van der Waals surface area (Å²) >= 11 is 7.52. The van der Waals surface area contributed by atoms with Crippen molar-refractivity contribution in [3.8, 4) is 10.4 Å². The average molecular weight is 264 g/mol. The van der Waals surface area contributed by atoms with Crippen LogP contribution in [0.15, 0.2) is 29.8 Å². The predicted octanol–water partition coefficient (Wildman–Crippen LogP) is 3.51. The van der Waals surface area contributed by atoms with Crippen molar-refractivity contribution in [3.63, 3.8) is 0 Å². The number of aromatic nitrogens is 3. The van der Waals surface area contributed by atoms with Gasteiger partial charge in [0.15, 0.2) is 5.65 Å². The van der Waals surface area contributed by atoms with Gasteiger partial charge in [0.1, 0.15) is 0 Å². The molecular weight excluding hydrogens is 254 g/mol. The zero-order chi connectivity index (χ0) is 11.8. The highest BCUT2D eigenvalue weighted by atomic mass is 35.5. The van der Waals surface area contributed by atoms with Crippen LogP contribution in [0.2, 0.25) is 0 Å². The third-order valence-electron chi connectivity index (χ3n) is 2.62. The van der Waals surface area contributed by atoms with Gasteiger partial charge in [-0.25, -0.2) is 9.50 Å². The van der Waals surface area contributed by atoms with E-state index < -0.39 is 0 Å². The first-order chi connectivity index (χ1) is 8.29. The van der Waals surface area contributed by atoms with Crippen LogP contribution in [0.1, 0.15) is 11.4 Å². The lowest BCUT2D eigenvalue weighted by atomic mass is 10.2. The number of hydrogen-bond acceptors (Lipinski definition) is 3. The Balaban J connectivity index is 2.32. The van der Waals surface area contributed by atoms with Gasteiger partial charge in [0.25, 0.3) is 0 Å². The van der Waals surface area contributed by atoms with Crippen LogP contribution in [0.3, 0.4) is 0 Å². The lowest BCUT2D eigenvalue weighted by Gasteiger charge is -1.98. The summed E-state index contributed by atoms with van der Waals surface area (Å²) in [5.41, 5.74) is 3.85. The van der Waals surface area contributed by atoms with E-state index in [0.717, 1.165) is 22.6 Å². The zero-order valence-electron chi connectivity index (χ0n) is 9.22. The highest BCUT2D eigenvalue weighted by molar-refractivity contribution is 7.13. The molecule has 0 saturated heterocycles. The van der Waals surface area contributed by atoms with E-state index in [1.165, 1.54) is 4.88 Å². The Labute approximate surface area is 108 Å². The maximum atomic E-state index is 5.82. The molecule has 0 bridgehead atoms. The van der Waals surface area contributed by atoms with Crippen LogP contribution in [0.4, 0.5) is 0 Å². The summed E-state index contributed by atoms with van der Waals surface area (Å²) in [6, 6.07) is 6.02. The smallest absolute Gasteiger partial charge is 0.164 e. The van der Waals surface area contributed by atoms with E-state index >= 15 is 0 Å². The van der Waals surface area contributed by atoms with E-state index in [2.05, 4.69) is 21.5 Å². The van der Waals surface area contributed by atoms with Crippen LogP contribution in [-0.2, 0) is 5.88 Å². The van der Waals surface area contributed by atoms with Crippen LogP contribution in [-0.4, -0.2) is 14.6 Å². The molecule has 0 saturated carbocycles. The van der Waals surface area contributed by atoms with E-state index in [1.54, 1.807) is 15.9 Å². The number of fused-ring (bicyclic) bond motifs is 1. The van der Waals surface area contributed by atoms with Gasteiger partial charge in [-0.3, -0.25) is 0 Å². The highest BCUT2D eigenvalue weighted by Gasteiger charge is 2.13. The summed E-state index contributed by atoms with van der Waals surface area (Å²) in [6.45, 7) is 2.00.